The number of ether oxygens (including phenoxy) is 1. The second kappa shape index (κ2) is 11.3. The summed E-state index contributed by atoms with van der Waals surface area (Å²) in [7, 11) is 0. The van der Waals surface area contributed by atoms with E-state index in [0.29, 0.717) is 41.6 Å². The summed E-state index contributed by atoms with van der Waals surface area (Å²) in [6.07, 6.45) is 7.25. The fourth-order valence-electron chi connectivity index (χ4n) is 4.96. The van der Waals surface area contributed by atoms with Crippen LogP contribution in [0.1, 0.15) is 19.3 Å². The predicted molar refractivity (Wildman–Crippen MR) is 151 cm³/mol. The quantitative estimate of drug-likeness (QED) is 0.256. The van der Waals surface area contributed by atoms with Crippen LogP contribution in [0.5, 0.6) is 5.88 Å². The monoisotopic (exact) mass is 543 g/mol. The highest BCUT2D eigenvalue weighted by molar-refractivity contribution is 5.83. The van der Waals surface area contributed by atoms with Crippen molar-refractivity contribution >= 4 is 33.6 Å². The lowest BCUT2D eigenvalue weighted by atomic mass is 10.1. The van der Waals surface area contributed by atoms with Crippen molar-refractivity contribution in [3.63, 3.8) is 0 Å². The minimum atomic E-state index is -0.383. The number of alkyl halides is 1. The molecule has 0 bridgehead atoms. The lowest BCUT2D eigenvalue weighted by Crippen LogP contribution is -2.34. The number of anilines is 2. The second-order valence-electron chi connectivity index (χ2n) is 9.63. The fourth-order valence-corrected chi connectivity index (χ4v) is 4.96. The first-order chi connectivity index (χ1) is 19.6. The molecule has 0 saturated carbocycles. The standard InChI is InChI=1S/C28H30FN9O2/c1-2-14-37-27(39)22-18-31-28(33-20-7-8-23-19(16-20)17-32-36(23)15-4-11-29)35-26(22)38(37)24-5-3-6-25(34-24)40-21-9-12-30-13-10-21/h2-3,5-8,16-18,21,30H,1,4,9-15H2,(H,31,33,35). The highest BCUT2D eigenvalue weighted by Crippen LogP contribution is 2.23. The van der Waals surface area contributed by atoms with E-state index in [0.717, 1.165) is 42.5 Å². The summed E-state index contributed by atoms with van der Waals surface area (Å²) < 4.78 is 23.8. The Morgan fingerprint density at radius 2 is 2.05 bits per heavy atom. The van der Waals surface area contributed by atoms with Gasteiger partial charge in [0.05, 0.1) is 24.9 Å². The summed E-state index contributed by atoms with van der Waals surface area (Å²) >= 11 is 0. The summed E-state index contributed by atoms with van der Waals surface area (Å²) in [6.45, 7) is 6.03. The molecule has 0 radical (unpaired) electrons. The van der Waals surface area contributed by atoms with Crippen LogP contribution in [-0.4, -0.2) is 60.0 Å². The van der Waals surface area contributed by atoms with E-state index >= 15 is 0 Å². The molecule has 206 valence electrons. The van der Waals surface area contributed by atoms with Gasteiger partial charge in [0, 0.05) is 29.9 Å². The molecule has 0 unspecified atom stereocenters. The fraction of sp³-hybridized carbons (Fsp3) is 0.321. The molecule has 5 aromatic rings. The molecule has 0 atom stereocenters. The van der Waals surface area contributed by atoms with Crippen molar-refractivity contribution in [1.82, 2.24) is 39.4 Å². The Balaban J connectivity index is 1.35. The molecule has 1 aliphatic rings. The summed E-state index contributed by atoms with van der Waals surface area (Å²) in [5.74, 6) is 1.33. The maximum Gasteiger partial charge on any atom is 0.278 e. The van der Waals surface area contributed by atoms with Gasteiger partial charge in [0.15, 0.2) is 11.5 Å². The third kappa shape index (κ3) is 5.05. The first-order valence-corrected chi connectivity index (χ1v) is 13.4. The van der Waals surface area contributed by atoms with Crippen LogP contribution in [0.15, 0.2) is 66.2 Å². The Morgan fingerprint density at radius 1 is 1.18 bits per heavy atom. The zero-order valence-corrected chi connectivity index (χ0v) is 22.0. The molecule has 40 heavy (non-hydrogen) atoms. The van der Waals surface area contributed by atoms with E-state index in [1.165, 1.54) is 10.9 Å². The van der Waals surface area contributed by atoms with Gasteiger partial charge in [-0.05, 0) is 56.6 Å². The molecular formula is C28H30FN9O2. The van der Waals surface area contributed by atoms with Crippen LogP contribution in [0.4, 0.5) is 16.0 Å². The van der Waals surface area contributed by atoms with Gasteiger partial charge in [-0.2, -0.15) is 15.1 Å². The van der Waals surface area contributed by atoms with Crippen LogP contribution in [0.3, 0.4) is 0 Å². The molecular weight excluding hydrogens is 513 g/mol. The number of piperidine rings is 1. The Bertz CT molecular complexity index is 1720. The number of rotatable bonds is 10. The van der Waals surface area contributed by atoms with Crippen molar-refractivity contribution in [3.8, 4) is 11.7 Å². The zero-order chi connectivity index (χ0) is 27.5. The molecule has 0 spiro atoms. The minimum Gasteiger partial charge on any atom is -0.474 e. The number of nitrogens with one attached hydrogen (secondary N) is 2. The maximum absolute atomic E-state index is 13.3. The van der Waals surface area contributed by atoms with E-state index in [9.17, 15) is 9.18 Å². The number of benzene rings is 1. The SMILES string of the molecule is C=CCn1c(=O)c2cnc(Nc3ccc4c(cnn4CCCF)c3)nc2n1-c1cccc(OC2CCNCC2)n1. The first-order valence-electron chi connectivity index (χ1n) is 13.4. The molecule has 1 aromatic carbocycles. The smallest absolute Gasteiger partial charge is 0.278 e. The van der Waals surface area contributed by atoms with E-state index in [2.05, 4.69) is 27.3 Å². The zero-order valence-electron chi connectivity index (χ0n) is 22.0. The van der Waals surface area contributed by atoms with Gasteiger partial charge in [-0.25, -0.2) is 14.3 Å². The summed E-state index contributed by atoms with van der Waals surface area (Å²) in [4.78, 5) is 27.1. The number of aryl methyl sites for hydroxylation is 1. The molecule has 1 saturated heterocycles. The van der Waals surface area contributed by atoms with Crippen molar-refractivity contribution in [2.24, 2.45) is 0 Å². The van der Waals surface area contributed by atoms with Crippen LogP contribution >= 0.6 is 0 Å². The largest absolute Gasteiger partial charge is 0.474 e. The van der Waals surface area contributed by atoms with Gasteiger partial charge in [-0.15, -0.1) is 6.58 Å². The molecule has 5 heterocycles. The molecule has 11 nitrogen and oxygen atoms in total. The van der Waals surface area contributed by atoms with Crippen LogP contribution in [0, 0.1) is 0 Å². The van der Waals surface area contributed by atoms with E-state index in [1.807, 2.05) is 36.4 Å². The Labute approximate surface area is 229 Å². The van der Waals surface area contributed by atoms with E-state index in [1.54, 1.807) is 21.6 Å². The van der Waals surface area contributed by atoms with Crippen molar-refractivity contribution in [2.45, 2.75) is 38.5 Å². The van der Waals surface area contributed by atoms with Gasteiger partial charge in [-0.3, -0.25) is 13.9 Å². The first kappa shape index (κ1) is 25.7. The molecule has 0 amide bonds. The van der Waals surface area contributed by atoms with Crippen LogP contribution in [-0.2, 0) is 13.1 Å². The number of hydrogen-bond donors (Lipinski definition) is 2. The van der Waals surface area contributed by atoms with Crippen LogP contribution in [0.2, 0.25) is 0 Å². The summed E-state index contributed by atoms with van der Waals surface area (Å²) in [5, 5.41) is 12.2. The predicted octanol–water partition coefficient (Wildman–Crippen LogP) is 3.75. The van der Waals surface area contributed by atoms with E-state index in [-0.39, 0.29) is 24.9 Å². The number of hydrogen-bond acceptors (Lipinski definition) is 8. The van der Waals surface area contributed by atoms with Gasteiger partial charge in [-0.1, -0.05) is 12.1 Å². The van der Waals surface area contributed by atoms with Crippen LogP contribution < -0.4 is 20.9 Å². The van der Waals surface area contributed by atoms with Crippen LogP contribution in [0.25, 0.3) is 27.8 Å². The Kier molecular flexibility index (Phi) is 7.23. The molecule has 1 aliphatic heterocycles. The molecule has 12 heteroatoms. The van der Waals surface area contributed by atoms with Gasteiger partial charge < -0.3 is 15.4 Å². The summed E-state index contributed by atoms with van der Waals surface area (Å²) in [6, 6.07) is 11.2. The highest BCUT2D eigenvalue weighted by Gasteiger charge is 2.20. The van der Waals surface area contributed by atoms with E-state index in [4.69, 9.17) is 14.7 Å². The molecule has 1 fully saturated rings. The number of aromatic nitrogens is 7. The van der Waals surface area contributed by atoms with Crippen molar-refractivity contribution < 1.29 is 9.13 Å². The number of halogens is 1. The molecule has 0 aliphatic carbocycles. The number of allylic oxidation sites excluding steroid dienone is 1. The minimum absolute atomic E-state index is 0.0899. The van der Waals surface area contributed by atoms with Gasteiger partial charge >= 0.3 is 0 Å². The molecule has 4 aromatic heterocycles. The number of nitrogens with zero attached hydrogens (tertiary/aromatic N) is 7. The Hall–Kier alpha value is -4.58. The molecule has 6 rings (SSSR count). The number of fused-ring (bicyclic) bond motifs is 2. The summed E-state index contributed by atoms with van der Waals surface area (Å²) in [5.41, 5.74) is 1.85. The maximum atomic E-state index is 13.3. The van der Waals surface area contributed by atoms with Crippen molar-refractivity contribution in [2.75, 3.05) is 25.1 Å². The van der Waals surface area contributed by atoms with Gasteiger partial charge in [0.25, 0.3) is 5.56 Å². The van der Waals surface area contributed by atoms with Gasteiger partial charge in [0.1, 0.15) is 11.5 Å². The van der Waals surface area contributed by atoms with Crippen molar-refractivity contribution in [3.05, 3.63) is 71.8 Å². The lowest BCUT2D eigenvalue weighted by Gasteiger charge is -2.23. The number of pyridine rings is 1. The van der Waals surface area contributed by atoms with Crippen molar-refractivity contribution in [1.29, 1.82) is 0 Å². The topological polar surface area (TPSA) is 117 Å². The lowest BCUT2D eigenvalue weighted by molar-refractivity contribution is 0.156. The third-order valence-corrected chi connectivity index (χ3v) is 6.88. The average Bonchev–Trinajstić information content (AvgIpc) is 3.50. The Morgan fingerprint density at radius 3 is 2.88 bits per heavy atom. The normalized spacial score (nSPS) is 14.1. The molecule has 2 N–H and O–H groups in total. The average molecular weight is 544 g/mol. The van der Waals surface area contributed by atoms with Gasteiger partial charge in [0.2, 0.25) is 11.8 Å². The highest BCUT2D eigenvalue weighted by atomic mass is 19.1. The second-order valence-corrected chi connectivity index (χ2v) is 9.63. The van der Waals surface area contributed by atoms with E-state index < -0.39 is 0 Å². The third-order valence-electron chi connectivity index (χ3n) is 6.88.